The van der Waals surface area contributed by atoms with Crippen molar-refractivity contribution in [2.75, 3.05) is 26.0 Å². The van der Waals surface area contributed by atoms with E-state index in [0.717, 1.165) is 24.8 Å². The fourth-order valence-electron chi connectivity index (χ4n) is 2.77. The Balaban J connectivity index is 2.07. The van der Waals surface area contributed by atoms with E-state index in [1.54, 1.807) is 11.4 Å². The lowest BCUT2D eigenvalue weighted by Gasteiger charge is -2.24. The van der Waals surface area contributed by atoms with Crippen molar-refractivity contribution in [2.45, 2.75) is 31.7 Å². The van der Waals surface area contributed by atoms with Gasteiger partial charge in [0, 0.05) is 31.3 Å². The zero-order chi connectivity index (χ0) is 15.3. The second-order valence-corrected chi connectivity index (χ2v) is 7.82. The van der Waals surface area contributed by atoms with Gasteiger partial charge >= 0.3 is 0 Å². The number of unbranched alkanes of at least 4 members (excludes halogenated alkanes) is 1. The van der Waals surface area contributed by atoms with E-state index >= 15 is 0 Å². The first-order valence-electron chi connectivity index (χ1n) is 7.28. The summed E-state index contributed by atoms with van der Waals surface area (Å²) in [6.07, 6.45) is 3.16. The Kier molecular flexibility index (Phi) is 6.05. The van der Waals surface area contributed by atoms with Crippen LogP contribution in [-0.2, 0) is 14.8 Å². The van der Waals surface area contributed by atoms with E-state index in [1.165, 1.54) is 0 Å². The Morgan fingerprint density at radius 3 is 2.90 bits per heavy atom. The van der Waals surface area contributed by atoms with Gasteiger partial charge in [0.25, 0.3) is 0 Å². The average Bonchev–Trinajstić information content (AvgIpc) is 2.94. The van der Waals surface area contributed by atoms with Gasteiger partial charge in [0.2, 0.25) is 10.0 Å². The summed E-state index contributed by atoms with van der Waals surface area (Å²) in [5.74, 6) is 0.188. The van der Waals surface area contributed by atoms with Crippen LogP contribution in [0.5, 0.6) is 0 Å². The third-order valence-electron chi connectivity index (χ3n) is 3.80. The van der Waals surface area contributed by atoms with Gasteiger partial charge in [-0.1, -0.05) is 23.7 Å². The lowest BCUT2D eigenvalue weighted by Crippen LogP contribution is -2.32. The van der Waals surface area contributed by atoms with Crippen LogP contribution in [0, 0.1) is 0 Å². The first-order chi connectivity index (χ1) is 10.0. The summed E-state index contributed by atoms with van der Waals surface area (Å²) in [6, 6.07) is 7.43. The van der Waals surface area contributed by atoms with Crippen LogP contribution in [0.2, 0.25) is 5.02 Å². The van der Waals surface area contributed by atoms with Gasteiger partial charge in [0.15, 0.2) is 0 Å². The van der Waals surface area contributed by atoms with Gasteiger partial charge in [-0.3, -0.25) is 0 Å². The molecule has 0 aromatic heterocycles. The molecule has 1 aliphatic rings. The lowest BCUT2D eigenvalue weighted by atomic mass is 10.1. The summed E-state index contributed by atoms with van der Waals surface area (Å²) in [7, 11) is -1.59. The van der Waals surface area contributed by atoms with E-state index in [1.807, 2.05) is 24.3 Å². The molecule has 21 heavy (non-hydrogen) atoms. The molecule has 0 bridgehead atoms. The molecular weight excluding hydrogens is 310 g/mol. The maximum Gasteiger partial charge on any atom is 0.214 e. The minimum atomic E-state index is -3.22. The Bertz CT molecular complexity index is 562. The monoisotopic (exact) mass is 331 g/mol. The maximum atomic E-state index is 12.5. The van der Waals surface area contributed by atoms with Crippen LogP contribution in [0.15, 0.2) is 24.3 Å². The van der Waals surface area contributed by atoms with Crippen molar-refractivity contribution >= 4 is 21.6 Å². The van der Waals surface area contributed by atoms with Crippen LogP contribution < -0.4 is 0 Å². The molecule has 0 N–H and O–H groups in total. The van der Waals surface area contributed by atoms with Gasteiger partial charge in [-0.05, 0) is 43.4 Å². The molecule has 1 saturated heterocycles. The molecule has 4 nitrogen and oxygen atoms in total. The van der Waals surface area contributed by atoms with Crippen molar-refractivity contribution in [3.8, 4) is 0 Å². The fourth-order valence-corrected chi connectivity index (χ4v) is 4.79. The number of ether oxygens (including phenoxy) is 1. The molecule has 0 aliphatic carbocycles. The van der Waals surface area contributed by atoms with Gasteiger partial charge in [-0.25, -0.2) is 8.42 Å². The van der Waals surface area contributed by atoms with Gasteiger partial charge < -0.3 is 4.74 Å². The van der Waals surface area contributed by atoms with Crippen LogP contribution in [-0.4, -0.2) is 38.7 Å². The summed E-state index contributed by atoms with van der Waals surface area (Å²) in [5, 5.41) is 0.650. The van der Waals surface area contributed by atoms with Crippen LogP contribution in [0.3, 0.4) is 0 Å². The molecule has 1 fully saturated rings. The van der Waals surface area contributed by atoms with Crippen molar-refractivity contribution in [1.82, 2.24) is 4.31 Å². The Hall–Kier alpha value is -0.620. The third-order valence-corrected chi connectivity index (χ3v) is 5.99. The zero-order valence-electron chi connectivity index (χ0n) is 12.3. The van der Waals surface area contributed by atoms with E-state index in [0.29, 0.717) is 24.6 Å². The summed E-state index contributed by atoms with van der Waals surface area (Å²) < 4.78 is 31.6. The van der Waals surface area contributed by atoms with Gasteiger partial charge in [-0.15, -0.1) is 0 Å². The fraction of sp³-hybridized carbons (Fsp3) is 0.600. The highest BCUT2D eigenvalue weighted by molar-refractivity contribution is 7.89. The number of hydrogen-bond donors (Lipinski definition) is 0. The molecular formula is C15H22ClNO3S. The molecule has 1 aromatic carbocycles. The molecule has 1 aromatic rings. The van der Waals surface area contributed by atoms with Crippen molar-refractivity contribution in [3.05, 3.63) is 34.9 Å². The summed E-state index contributed by atoms with van der Waals surface area (Å²) >= 11 is 6.02. The topological polar surface area (TPSA) is 46.6 Å². The molecule has 118 valence electrons. The molecule has 0 radical (unpaired) electrons. The third kappa shape index (κ3) is 4.42. The van der Waals surface area contributed by atoms with Crippen molar-refractivity contribution in [2.24, 2.45) is 0 Å². The minimum Gasteiger partial charge on any atom is -0.385 e. The highest BCUT2D eigenvalue weighted by atomic mass is 35.5. The molecule has 0 saturated carbocycles. The lowest BCUT2D eigenvalue weighted by molar-refractivity contribution is 0.194. The molecule has 0 amide bonds. The number of methoxy groups -OCH3 is 1. The van der Waals surface area contributed by atoms with E-state index in [2.05, 4.69) is 0 Å². The quantitative estimate of drug-likeness (QED) is 0.721. The normalized spacial score (nSPS) is 20.0. The van der Waals surface area contributed by atoms with Crippen molar-refractivity contribution in [1.29, 1.82) is 0 Å². The van der Waals surface area contributed by atoms with Crippen molar-refractivity contribution in [3.63, 3.8) is 0 Å². The van der Waals surface area contributed by atoms with Crippen LogP contribution in [0.1, 0.15) is 37.3 Å². The van der Waals surface area contributed by atoms with Crippen LogP contribution in [0.4, 0.5) is 0 Å². The number of nitrogens with zero attached hydrogens (tertiary/aromatic N) is 1. The van der Waals surface area contributed by atoms with E-state index in [9.17, 15) is 8.42 Å². The summed E-state index contributed by atoms with van der Waals surface area (Å²) in [6.45, 7) is 1.21. The van der Waals surface area contributed by atoms with Crippen LogP contribution in [0.25, 0.3) is 0 Å². The highest BCUT2D eigenvalue weighted by Crippen LogP contribution is 2.35. The highest BCUT2D eigenvalue weighted by Gasteiger charge is 2.34. The zero-order valence-corrected chi connectivity index (χ0v) is 13.9. The number of hydrogen-bond acceptors (Lipinski definition) is 3. The standard InChI is InChI=1S/C15H22ClNO3S/c1-20-10-2-3-11-21(18,19)17-9-5-8-15(17)13-6-4-7-14(16)12-13/h4,6-7,12,15H,2-3,5,8-11H2,1H3/t15-/m1/s1. The number of halogens is 1. The SMILES string of the molecule is COCCCCS(=O)(=O)N1CCC[C@@H]1c1cccc(Cl)c1. The maximum absolute atomic E-state index is 12.5. The molecule has 6 heteroatoms. The predicted octanol–water partition coefficient (Wildman–Crippen LogP) is 3.23. The van der Waals surface area contributed by atoms with E-state index in [-0.39, 0.29) is 11.8 Å². The largest absolute Gasteiger partial charge is 0.385 e. The second kappa shape index (κ2) is 7.58. The molecule has 1 aliphatic heterocycles. The Morgan fingerprint density at radius 2 is 2.19 bits per heavy atom. The van der Waals surface area contributed by atoms with E-state index in [4.69, 9.17) is 16.3 Å². The number of sulfonamides is 1. The summed E-state index contributed by atoms with van der Waals surface area (Å²) in [5.41, 5.74) is 0.987. The molecule has 1 atom stereocenters. The first-order valence-corrected chi connectivity index (χ1v) is 9.27. The second-order valence-electron chi connectivity index (χ2n) is 5.34. The van der Waals surface area contributed by atoms with Gasteiger partial charge in [0.1, 0.15) is 0 Å². The number of rotatable bonds is 7. The Labute approximate surface area is 132 Å². The molecule has 0 unspecified atom stereocenters. The smallest absolute Gasteiger partial charge is 0.214 e. The first kappa shape index (κ1) is 16.7. The average molecular weight is 332 g/mol. The van der Waals surface area contributed by atoms with E-state index < -0.39 is 10.0 Å². The minimum absolute atomic E-state index is 0.0730. The summed E-state index contributed by atoms with van der Waals surface area (Å²) in [4.78, 5) is 0. The Morgan fingerprint density at radius 1 is 1.38 bits per heavy atom. The molecule has 2 rings (SSSR count). The predicted molar refractivity (Wildman–Crippen MR) is 85.0 cm³/mol. The molecule has 1 heterocycles. The van der Waals surface area contributed by atoms with Crippen molar-refractivity contribution < 1.29 is 13.2 Å². The van der Waals surface area contributed by atoms with Crippen LogP contribution >= 0.6 is 11.6 Å². The van der Waals surface area contributed by atoms with Gasteiger partial charge in [0.05, 0.1) is 5.75 Å². The van der Waals surface area contributed by atoms with Gasteiger partial charge in [-0.2, -0.15) is 4.31 Å². The molecule has 0 spiro atoms. The number of benzene rings is 1.